The standard InChI is InChI=1S/C30H31N9O5S/c1-43-23-9-5-16(12-24(23)44-2)22-8-4-17(13-32-22)21-14-35-39-27(31)26(45(3,41)42)25(36-29(21)39)18-10-19-6-7-20(11-18)38(19)30(40)28-33-15-34-37-28/h4-5,8-9,12-15,18-20H,6-7,10-11,31H2,1-3H3,(H,33,34,37). The van der Waals surface area contributed by atoms with Crippen LogP contribution < -0.4 is 15.2 Å². The van der Waals surface area contributed by atoms with Gasteiger partial charge in [0.05, 0.1) is 31.8 Å². The number of amides is 1. The van der Waals surface area contributed by atoms with Gasteiger partial charge in [-0.05, 0) is 49.9 Å². The minimum absolute atomic E-state index is 0.00571. The summed E-state index contributed by atoms with van der Waals surface area (Å²) in [5.41, 5.74) is 10.4. The molecule has 0 spiro atoms. The molecule has 232 valence electrons. The summed E-state index contributed by atoms with van der Waals surface area (Å²) in [6, 6.07) is 9.20. The first-order valence-electron chi connectivity index (χ1n) is 14.4. The average Bonchev–Trinajstić information content (AvgIpc) is 3.78. The number of nitrogens with zero attached hydrogens (tertiary/aromatic N) is 7. The summed E-state index contributed by atoms with van der Waals surface area (Å²) in [5.74, 6) is 0.987. The number of nitrogens with one attached hydrogen (secondary N) is 1. The molecule has 2 bridgehead atoms. The summed E-state index contributed by atoms with van der Waals surface area (Å²) in [7, 11) is -0.606. The number of hydrogen-bond donors (Lipinski definition) is 2. The number of pyridine rings is 1. The minimum atomic E-state index is -3.77. The number of sulfone groups is 1. The molecular formula is C30H31N9O5S. The Labute approximate surface area is 258 Å². The summed E-state index contributed by atoms with van der Waals surface area (Å²) < 4.78 is 38.4. The van der Waals surface area contributed by atoms with E-state index in [1.807, 2.05) is 35.2 Å². The average molecular weight is 630 g/mol. The molecule has 5 aromatic rings. The zero-order valence-corrected chi connectivity index (χ0v) is 25.7. The number of H-pyrrole nitrogens is 1. The molecule has 2 aliphatic heterocycles. The van der Waals surface area contributed by atoms with Crippen LogP contribution in [0.5, 0.6) is 11.5 Å². The summed E-state index contributed by atoms with van der Waals surface area (Å²) in [6.45, 7) is 0. The van der Waals surface area contributed by atoms with Crippen molar-refractivity contribution in [2.75, 3.05) is 26.2 Å². The van der Waals surface area contributed by atoms with Gasteiger partial charge in [-0.2, -0.15) is 14.7 Å². The molecule has 2 aliphatic rings. The van der Waals surface area contributed by atoms with E-state index in [1.54, 1.807) is 26.6 Å². The monoisotopic (exact) mass is 629 g/mol. The van der Waals surface area contributed by atoms with Crippen molar-refractivity contribution >= 4 is 27.2 Å². The van der Waals surface area contributed by atoms with Gasteiger partial charge in [0.1, 0.15) is 17.0 Å². The van der Waals surface area contributed by atoms with Gasteiger partial charge in [-0.25, -0.2) is 18.4 Å². The number of hydrogen-bond acceptors (Lipinski definition) is 11. The van der Waals surface area contributed by atoms with E-state index in [0.29, 0.717) is 41.2 Å². The van der Waals surface area contributed by atoms with Crippen molar-refractivity contribution in [3.8, 4) is 33.9 Å². The number of methoxy groups -OCH3 is 2. The molecule has 1 amide bonds. The molecule has 14 nitrogen and oxygen atoms in total. The molecule has 0 aliphatic carbocycles. The van der Waals surface area contributed by atoms with Gasteiger partial charge in [-0.15, -0.1) is 0 Å². The van der Waals surface area contributed by atoms with Crippen LogP contribution in [0.1, 0.15) is 47.9 Å². The predicted molar refractivity (Wildman–Crippen MR) is 164 cm³/mol. The van der Waals surface area contributed by atoms with Gasteiger partial charge in [-0.1, -0.05) is 6.07 Å². The number of aromatic nitrogens is 7. The van der Waals surface area contributed by atoms with Crippen LogP contribution in [0.25, 0.3) is 28.0 Å². The Balaban J connectivity index is 1.26. The van der Waals surface area contributed by atoms with Crippen LogP contribution in [-0.4, -0.2) is 86.5 Å². The number of benzene rings is 1. The maximum absolute atomic E-state index is 13.2. The number of carbonyl (C=O) groups is 1. The van der Waals surface area contributed by atoms with Crippen LogP contribution in [0.15, 0.2) is 53.9 Å². The summed E-state index contributed by atoms with van der Waals surface area (Å²) in [5, 5.41) is 10.9. The number of nitrogens with two attached hydrogens (primary N) is 1. The number of aromatic amines is 1. The number of piperidine rings is 1. The Morgan fingerprint density at radius 1 is 1.00 bits per heavy atom. The lowest BCUT2D eigenvalue weighted by molar-refractivity contribution is 0.0556. The van der Waals surface area contributed by atoms with Gasteiger partial charge in [0, 0.05) is 47.1 Å². The zero-order valence-electron chi connectivity index (χ0n) is 24.8. The number of ether oxygens (including phenoxy) is 2. The van der Waals surface area contributed by atoms with Crippen molar-refractivity contribution in [3.05, 3.63) is 60.6 Å². The Kier molecular flexibility index (Phi) is 6.91. The minimum Gasteiger partial charge on any atom is -0.493 e. The Morgan fingerprint density at radius 2 is 1.73 bits per heavy atom. The number of nitrogen functional groups attached to an aromatic ring is 1. The van der Waals surface area contributed by atoms with E-state index in [1.165, 1.54) is 10.8 Å². The molecule has 2 atom stereocenters. The SMILES string of the molecule is COc1ccc(-c2ccc(-c3cnn4c(N)c(S(C)(=O)=O)c(C5CC6CCC(C5)N6C(=O)c5ncn[nH]5)nc34)cn2)cc1OC. The smallest absolute Gasteiger partial charge is 0.291 e. The second-order valence-corrected chi connectivity index (χ2v) is 13.3. The van der Waals surface area contributed by atoms with E-state index in [0.717, 1.165) is 35.9 Å². The van der Waals surface area contributed by atoms with E-state index < -0.39 is 9.84 Å². The first-order chi connectivity index (χ1) is 21.7. The molecule has 4 aromatic heterocycles. The van der Waals surface area contributed by atoms with Crippen molar-refractivity contribution in [2.24, 2.45) is 0 Å². The van der Waals surface area contributed by atoms with Gasteiger partial charge >= 0.3 is 0 Å². The molecule has 0 saturated carbocycles. The third-order valence-corrected chi connectivity index (χ3v) is 9.92. The molecule has 2 saturated heterocycles. The number of carbonyl (C=O) groups excluding carboxylic acids is 1. The summed E-state index contributed by atoms with van der Waals surface area (Å²) >= 11 is 0. The van der Waals surface area contributed by atoms with E-state index in [9.17, 15) is 13.2 Å². The molecule has 7 rings (SSSR count). The van der Waals surface area contributed by atoms with E-state index in [2.05, 4.69) is 25.3 Å². The quantitative estimate of drug-likeness (QED) is 0.270. The zero-order chi connectivity index (χ0) is 31.5. The van der Waals surface area contributed by atoms with Crippen molar-refractivity contribution in [1.29, 1.82) is 0 Å². The van der Waals surface area contributed by atoms with Crippen LogP contribution in [0, 0.1) is 0 Å². The molecule has 2 fully saturated rings. The van der Waals surface area contributed by atoms with E-state index in [4.69, 9.17) is 20.2 Å². The molecule has 1 aromatic carbocycles. The van der Waals surface area contributed by atoms with Gasteiger partial charge in [0.25, 0.3) is 5.91 Å². The van der Waals surface area contributed by atoms with Crippen molar-refractivity contribution in [1.82, 2.24) is 39.7 Å². The van der Waals surface area contributed by atoms with Gasteiger partial charge in [0.15, 0.2) is 27.0 Å². The predicted octanol–water partition coefficient (Wildman–Crippen LogP) is 3.13. The largest absolute Gasteiger partial charge is 0.493 e. The maximum atomic E-state index is 13.2. The van der Waals surface area contributed by atoms with Crippen molar-refractivity contribution in [2.45, 2.75) is 48.6 Å². The second-order valence-electron chi connectivity index (χ2n) is 11.4. The normalized spacial score (nSPS) is 19.6. The fourth-order valence-corrected chi connectivity index (χ4v) is 7.82. The molecule has 0 radical (unpaired) electrons. The Bertz CT molecular complexity index is 2010. The van der Waals surface area contributed by atoms with Crippen LogP contribution >= 0.6 is 0 Å². The highest BCUT2D eigenvalue weighted by Crippen LogP contribution is 2.45. The third kappa shape index (κ3) is 4.83. The highest BCUT2D eigenvalue weighted by molar-refractivity contribution is 7.91. The molecule has 15 heteroatoms. The van der Waals surface area contributed by atoms with Gasteiger partial charge in [-0.3, -0.25) is 14.9 Å². The third-order valence-electron chi connectivity index (χ3n) is 8.76. The van der Waals surface area contributed by atoms with Crippen molar-refractivity contribution < 1.29 is 22.7 Å². The Morgan fingerprint density at radius 3 is 2.36 bits per heavy atom. The van der Waals surface area contributed by atoms with E-state index >= 15 is 0 Å². The van der Waals surface area contributed by atoms with Crippen LogP contribution in [-0.2, 0) is 9.84 Å². The summed E-state index contributed by atoms with van der Waals surface area (Å²) in [6.07, 6.45) is 8.49. The lowest BCUT2D eigenvalue weighted by Crippen LogP contribution is -2.46. The highest BCUT2D eigenvalue weighted by Gasteiger charge is 2.46. The fraction of sp³-hybridized carbons (Fsp3) is 0.333. The van der Waals surface area contributed by atoms with Gasteiger partial charge < -0.3 is 20.1 Å². The molecular weight excluding hydrogens is 598 g/mol. The van der Waals surface area contributed by atoms with Crippen LogP contribution in [0.4, 0.5) is 5.82 Å². The molecule has 2 unspecified atom stereocenters. The Hall–Kier alpha value is -5.05. The molecule has 45 heavy (non-hydrogen) atoms. The number of rotatable bonds is 7. The first-order valence-corrected chi connectivity index (χ1v) is 16.3. The van der Waals surface area contributed by atoms with Gasteiger partial charge in [0.2, 0.25) is 5.82 Å². The lowest BCUT2D eigenvalue weighted by Gasteiger charge is -2.38. The lowest BCUT2D eigenvalue weighted by atomic mass is 9.87. The fourth-order valence-electron chi connectivity index (χ4n) is 6.76. The first kappa shape index (κ1) is 28.7. The summed E-state index contributed by atoms with van der Waals surface area (Å²) in [4.78, 5) is 28.7. The van der Waals surface area contributed by atoms with Crippen LogP contribution in [0.2, 0.25) is 0 Å². The second kappa shape index (κ2) is 10.8. The number of anilines is 1. The van der Waals surface area contributed by atoms with E-state index in [-0.39, 0.29) is 40.4 Å². The van der Waals surface area contributed by atoms with Crippen LogP contribution in [0.3, 0.4) is 0 Å². The molecule has 6 heterocycles. The highest BCUT2D eigenvalue weighted by atomic mass is 32.2. The molecule has 3 N–H and O–H groups in total. The number of fused-ring (bicyclic) bond motifs is 3. The maximum Gasteiger partial charge on any atom is 0.291 e. The van der Waals surface area contributed by atoms with Crippen molar-refractivity contribution in [3.63, 3.8) is 0 Å². The topological polar surface area (TPSA) is 184 Å².